The summed E-state index contributed by atoms with van der Waals surface area (Å²) in [5, 5.41) is 9.85. The Balaban J connectivity index is 2.29. The van der Waals surface area contributed by atoms with E-state index in [9.17, 15) is 9.90 Å². The van der Waals surface area contributed by atoms with Gasteiger partial charge in [0.2, 0.25) is 0 Å². The van der Waals surface area contributed by atoms with Gasteiger partial charge < -0.3 is 9.84 Å². The van der Waals surface area contributed by atoms with E-state index in [-0.39, 0.29) is 11.7 Å². The summed E-state index contributed by atoms with van der Waals surface area (Å²) in [5.41, 5.74) is 0.964. The zero-order valence-electron chi connectivity index (χ0n) is 9.09. The zero-order chi connectivity index (χ0) is 11.5. The van der Waals surface area contributed by atoms with Crippen LogP contribution in [0, 0.1) is 0 Å². The number of rotatable bonds is 2. The normalized spacial score (nSPS) is 25.1. The van der Waals surface area contributed by atoms with Crippen molar-refractivity contribution in [2.24, 2.45) is 0 Å². The van der Waals surface area contributed by atoms with Gasteiger partial charge in [-0.2, -0.15) is 0 Å². The van der Waals surface area contributed by atoms with Crippen LogP contribution >= 0.6 is 0 Å². The summed E-state index contributed by atoms with van der Waals surface area (Å²) in [7, 11) is 1.54. The highest BCUT2D eigenvalue weighted by atomic mass is 16.5. The number of aliphatic hydroxyl groups excluding tert-OH is 1. The molecule has 0 fully saturated rings. The third kappa shape index (κ3) is 1.99. The van der Waals surface area contributed by atoms with Crippen LogP contribution in [0.15, 0.2) is 42.2 Å². The molecule has 0 bridgehead atoms. The monoisotopic (exact) mass is 218 g/mol. The third-order valence-electron chi connectivity index (χ3n) is 2.89. The molecule has 1 N–H and O–H groups in total. The lowest BCUT2D eigenvalue weighted by Crippen LogP contribution is -2.31. The molecule has 84 valence electrons. The molecular formula is C13H14O3. The predicted octanol–water partition coefficient (Wildman–Crippen LogP) is 1.63. The summed E-state index contributed by atoms with van der Waals surface area (Å²) in [6, 6.07) is 9.54. The lowest BCUT2D eigenvalue weighted by atomic mass is 9.84. The number of aliphatic hydroxyl groups is 1. The van der Waals surface area contributed by atoms with Crippen LogP contribution in [0.25, 0.3) is 0 Å². The van der Waals surface area contributed by atoms with E-state index in [4.69, 9.17) is 4.74 Å². The Morgan fingerprint density at radius 3 is 2.62 bits per heavy atom. The minimum absolute atomic E-state index is 0.200. The van der Waals surface area contributed by atoms with Crippen LogP contribution in [0.5, 0.6) is 0 Å². The van der Waals surface area contributed by atoms with Gasteiger partial charge in [-0.15, -0.1) is 0 Å². The predicted molar refractivity (Wildman–Crippen MR) is 59.9 cm³/mol. The Bertz CT molecular complexity index is 408. The van der Waals surface area contributed by atoms with Crippen LogP contribution in [-0.4, -0.2) is 24.1 Å². The summed E-state index contributed by atoms with van der Waals surface area (Å²) in [4.78, 5) is 11.5. The van der Waals surface area contributed by atoms with Crippen LogP contribution in [0.3, 0.4) is 0 Å². The molecule has 0 saturated carbocycles. The van der Waals surface area contributed by atoms with Crippen molar-refractivity contribution in [2.45, 2.75) is 18.4 Å². The third-order valence-corrected chi connectivity index (χ3v) is 2.89. The van der Waals surface area contributed by atoms with E-state index < -0.39 is 6.10 Å². The first kappa shape index (κ1) is 10.9. The van der Waals surface area contributed by atoms with Crippen molar-refractivity contribution < 1.29 is 14.6 Å². The Morgan fingerprint density at radius 1 is 1.31 bits per heavy atom. The molecule has 0 spiro atoms. The first-order chi connectivity index (χ1) is 7.72. The van der Waals surface area contributed by atoms with E-state index in [1.165, 1.54) is 6.08 Å². The van der Waals surface area contributed by atoms with Gasteiger partial charge in [0.15, 0.2) is 5.78 Å². The first-order valence-corrected chi connectivity index (χ1v) is 5.24. The highest BCUT2D eigenvalue weighted by molar-refractivity contribution is 5.95. The van der Waals surface area contributed by atoms with Crippen molar-refractivity contribution in [3.05, 3.63) is 47.7 Å². The van der Waals surface area contributed by atoms with Gasteiger partial charge in [0.05, 0.1) is 12.9 Å². The maximum atomic E-state index is 11.5. The van der Waals surface area contributed by atoms with Gasteiger partial charge >= 0.3 is 0 Å². The van der Waals surface area contributed by atoms with Crippen LogP contribution in [0.2, 0.25) is 0 Å². The molecule has 1 aliphatic carbocycles. The summed E-state index contributed by atoms with van der Waals surface area (Å²) in [6.45, 7) is 0. The molecule has 2 unspecified atom stereocenters. The number of ether oxygens (including phenoxy) is 1. The molecule has 16 heavy (non-hydrogen) atoms. The van der Waals surface area contributed by atoms with Crippen LogP contribution in [-0.2, 0) is 9.53 Å². The van der Waals surface area contributed by atoms with Gasteiger partial charge in [-0.3, -0.25) is 4.79 Å². The van der Waals surface area contributed by atoms with Crippen molar-refractivity contribution in [1.82, 2.24) is 0 Å². The second kappa shape index (κ2) is 4.49. The smallest absolute Gasteiger partial charge is 0.188 e. The lowest BCUT2D eigenvalue weighted by molar-refractivity contribution is -0.124. The Hall–Kier alpha value is -1.61. The number of carbonyl (C=O) groups excluding carboxylic acids is 1. The zero-order valence-corrected chi connectivity index (χ0v) is 9.09. The summed E-state index contributed by atoms with van der Waals surface area (Å²) >= 11 is 0. The second-order valence-corrected chi connectivity index (χ2v) is 3.88. The highest BCUT2D eigenvalue weighted by Gasteiger charge is 2.31. The van der Waals surface area contributed by atoms with Crippen LogP contribution in [0.4, 0.5) is 0 Å². The number of hydrogen-bond donors (Lipinski definition) is 1. The average molecular weight is 218 g/mol. The quantitative estimate of drug-likeness (QED) is 0.820. The molecule has 2 atom stereocenters. The van der Waals surface area contributed by atoms with E-state index in [2.05, 4.69) is 0 Å². The molecule has 0 heterocycles. The fraction of sp³-hybridized carbons (Fsp3) is 0.308. The van der Waals surface area contributed by atoms with Gasteiger partial charge in [-0.05, 0) is 5.56 Å². The van der Waals surface area contributed by atoms with Gasteiger partial charge in [-0.1, -0.05) is 30.3 Å². The number of ketones is 1. The highest BCUT2D eigenvalue weighted by Crippen LogP contribution is 2.31. The Labute approximate surface area is 94.4 Å². The average Bonchev–Trinajstić information content (AvgIpc) is 2.33. The second-order valence-electron chi connectivity index (χ2n) is 3.88. The lowest BCUT2D eigenvalue weighted by Gasteiger charge is -2.26. The number of carbonyl (C=O) groups is 1. The fourth-order valence-electron chi connectivity index (χ4n) is 1.97. The maximum absolute atomic E-state index is 11.5. The van der Waals surface area contributed by atoms with Crippen molar-refractivity contribution in [3.8, 4) is 0 Å². The number of hydrogen-bond acceptors (Lipinski definition) is 3. The molecule has 0 aliphatic heterocycles. The first-order valence-electron chi connectivity index (χ1n) is 5.24. The summed E-state index contributed by atoms with van der Waals surface area (Å²) in [6.07, 6.45) is 0.985. The van der Waals surface area contributed by atoms with E-state index in [0.717, 1.165) is 5.56 Å². The van der Waals surface area contributed by atoms with Crippen molar-refractivity contribution in [3.63, 3.8) is 0 Å². The molecule has 0 aromatic heterocycles. The van der Waals surface area contributed by atoms with Gasteiger partial charge in [-0.25, -0.2) is 0 Å². The number of methoxy groups -OCH3 is 1. The molecule has 0 radical (unpaired) electrons. The Kier molecular flexibility index (Phi) is 3.06. The van der Waals surface area contributed by atoms with E-state index >= 15 is 0 Å². The molecule has 1 aliphatic rings. The Morgan fingerprint density at radius 2 is 2.00 bits per heavy atom. The van der Waals surface area contributed by atoms with Crippen molar-refractivity contribution in [2.75, 3.05) is 7.11 Å². The molecule has 0 saturated heterocycles. The summed E-state index contributed by atoms with van der Waals surface area (Å²) in [5.74, 6) is 0.148. The van der Waals surface area contributed by atoms with Gasteiger partial charge in [0, 0.05) is 18.4 Å². The van der Waals surface area contributed by atoms with Crippen LogP contribution < -0.4 is 0 Å². The van der Waals surface area contributed by atoms with Gasteiger partial charge in [0.25, 0.3) is 0 Å². The molecule has 3 heteroatoms. The molecule has 1 aromatic carbocycles. The standard InChI is InChI=1S/C13H14O3/c1-16-10-7-11(13(15)12(14)8-10)9-5-3-2-4-6-9/h2-6,8,11,13,15H,7H2,1H3. The largest absolute Gasteiger partial charge is 0.501 e. The summed E-state index contributed by atoms with van der Waals surface area (Å²) < 4.78 is 5.09. The molecular weight excluding hydrogens is 204 g/mol. The van der Waals surface area contributed by atoms with Crippen molar-refractivity contribution >= 4 is 5.78 Å². The van der Waals surface area contributed by atoms with E-state index in [1.54, 1.807) is 7.11 Å². The molecule has 2 rings (SSSR count). The fourth-order valence-corrected chi connectivity index (χ4v) is 1.97. The van der Waals surface area contributed by atoms with Gasteiger partial charge in [0.1, 0.15) is 6.10 Å². The molecule has 3 nitrogen and oxygen atoms in total. The minimum Gasteiger partial charge on any atom is -0.501 e. The van der Waals surface area contributed by atoms with E-state index in [1.807, 2.05) is 30.3 Å². The minimum atomic E-state index is -0.957. The van der Waals surface area contributed by atoms with Crippen molar-refractivity contribution in [1.29, 1.82) is 0 Å². The van der Waals surface area contributed by atoms with Crippen LogP contribution in [0.1, 0.15) is 17.9 Å². The van der Waals surface area contributed by atoms with E-state index in [0.29, 0.717) is 12.2 Å². The number of allylic oxidation sites excluding steroid dienone is 1. The molecule has 0 amide bonds. The maximum Gasteiger partial charge on any atom is 0.188 e. The molecule has 1 aromatic rings. The SMILES string of the molecule is COC1=CC(=O)C(O)C(c2ccccc2)C1. The topological polar surface area (TPSA) is 46.5 Å². The number of benzene rings is 1.